The van der Waals surface area contributed by atoms with Gasteiger partial charge in [0.1, 0.15) is 11.6 Å². The van der Waals surface area contributed by atoms with Crippen LogP contribution in [0.3, 0.4) is 0 Å². The van der Waals surface area contributed by atoms with E-state index in [0.29, 0.717) is 10.2 Å². The van der Waals surface area contributed by atoms with Crippen molar-refractivity contribution >= 4 is 10.2 Å². The van der Waals surface area contributed by atoms with Crippen LogP contribution >= 0.6 is 0 Å². The molecule has 1 aromatic heterocycles. The van der Waals surface area contributed by atoms with Crippen LogP contribution in [0.4, 0.5) is 0 Å². The minimum Gasteiger partial charge on any atom is -0.361 e. The smallest absolute Gasteiger partial charge is 0.335 e. The molecule has 1 atom stereocenters. The highest BCUT2D eigenvalue weighted by Gasteiger charge is 2.30. The van der Waals surface area contributed by atoms with Gasteiger partial charge in [0.05, 0.1) is 10.2 Å². The Morgan fingerprint density at radius 3 is 2.00 bits per heavy atom. The lowest BCUT2D eigenvalue weighted by molar-refractivity contribution is -0.173. The van der Waals surface area contributed by atoms with E-state index in [9.17, 15) is 14.4 Å². The molecule has 1 rings (SSSR count). The van der Waals surface area contributed by atoms with Gasteiger partial charge in [-0.15, -0.1) is 0 Å². The van der Waals surface area contributed by atoms with E-state index in [1.807, 2.05) is 9.97 Å². The van der Waals surface area contributed by atoms with Gasteiger partial charge in [-0.25, -0.2) is 19.0 Å². The molecule has 0 amide bonds. The molecule has 0 radical (unpaired) electrons. The predicted octanol–water partition coefficient (Wildman–Crippen LogP) is -2.93. The average Bonchev–Trinajstić information content (AvgIpc) is 2.36. The van der Waals surface area contributed by atoms with E-state index in [-0.39, 0.29) is 6.42 Å². The number of ether oxygens (including phenoxy) is 3. The Bertz CT molecular complexity index is 552. The molecular weight excluding hydrogens is 274 g/mol. The van der Waals surface area contributed by atoms with Gasteiger partial charge in [0.15, 0.2) is 0 Å². The molecule has 1 unspecified atom stereocenters. The molecular formula is C9H17N3O6Si. The van der Waals surface area contributed by atoms with Crippen LogP contribution < -0.4 is 17.1 Å². The summed E-state index contributed by atoms with van der Waals surface area (Å²) in [6.45, 7) is 0. The topological polar surface area (TPSA) is 115 Å². The zero-order valence-corrected chi connectivity index (χ0v) is 13.2. The van der Waals surface area contributed by atoms with Crippen molar-refractivity contribution in [3.63, 3.8) is 0 Å². The van der Waals surface area contributed by atoms with Gasteiger partial charge in [-0.05, 0) is 0 Å². The third-order valence-corrected chi connectivity index (χ3v) is 4.07. The van der Waals surface area contributed by atoms with Crippen LogP contribution in [0.1, 0.15) is 12.6 Å². The Balaban J connectivity index is 3.22. The molecule has 2 N–H and O–H groups in total. The van der Waals surface area contributed by atoms with Crippen molar-refractivity contribution in [1.82, 2.24) is 14.5 Å². The molecule has 19 heavy (non-hydrogen) atoms. The van der Waals surface area contributed by atoms with Crippen molar-refractivity contribution < 1.29 is 14.2 Å². The van der Waals surface area contributed by atoms with Crippen LogP contribution in [0.2, 0.25) is 0 Å². The van der Waals surface area contributed by atoms with Gasteiger partial charge in [-0.1, -0.05) is 0 Å². The van der Waals surface area contributed by atoms with Crippen molar-refractivity contribution in [2.45, 2.75) is 18.1 Å². The van der Waals surface area contributed by atoms with E-state index < -0.39 is 28.7 Å². The van der Waals surface area contributed by atoms with Gasteiger partial charge >= 0.3 is 17.1 Å². The first-order chi connectivity index (χ1) is 8.86. The summed E-state index contributed by atoms with van der Waals surface area (Å²) in [5.74, 6) is 0. The van der Waals surface area contributed by atoms with Crippen LogP contribution in [0, 0.1) is 0 Å². The van der Waals surface area contributed by atoms with Crippen molar-refractivity contribution in [3.8, 4) is 0 Å². The summed E-state index contributed by atoms with van der Waals surface area (Å²) >= 11 is 0. The molecule has 1 heterocycles. The van der Waals surface area contributed by atoms with Crippen molar-refractivity contribution in [2.24, 2.45) is 0 Å². The number of aromatic nitrogens is 3. The number of methoxy groups -OCH3 is 3. The van der Waals surface area contributed by atoms with Crippen LogP contribution in [0.15, 0.2) is 14.4 Å². The number of nitrogens with zero attached hydrogens (tertiary/aromatic N) is 1. The molecule has 0 saturated carbocycles. The second kappa shape index (κ2) is 6.10. The minimum absolute atomic E-state index is 0.137. The molecule has 0 aliphatic rings. The van der Waals surface area contributed by atoms with E-state index in [4.69, 9.17) is 14.2 Å². The monoisotopic (exact) mass is 291 g/mol. The van der Waals surface area contributed by atoms with Gasteiger partial charge in [-0.3, -0.25) is 9.97 Å². The SMILES string of the molecule is COC(CC([SiH3])(OC)OC)n1c(=O)[nH]c(=O)[nH]c1=O. The number of H-pyrrole nitrogens is 2. The van der Waals surface area contributed by atoms with E-state index in [1.165, 1.54) is 21.3 Å². The second-order valence-electron chi connectivity index (χ2n) is 4.00. The summed E-state index contributed by atoms with van der Waals surface area (Å²) in [6.07, 6.45) is -0.775. The lowest BCUT2D eigenvalue weighted by Crippen LogP contribution is -2.48. The number of hydrogen-bond acceptors (Lipinski definition) is 6. The Labute approximate surface area is 110 Å². The number of nitrogens with one attached hydrogen (secondary N) is 2. The minimum atomic E-state index is -0.912. The summed E-state index contributed by atoms with van der Waals surface area (Å²) in [6, 6.07) is 0. The van der Waals surface area contributed by atoms with E-state index in [0.717, 1.165) is 4.57 Å². The van der Waals surface area contributed by atoms with Crippen LogP contribution in [-0.4, -0.2) is 51.5 Å². The van der Waals surface area contributed by atoms with Crippen LogP contribution in [0.5, 0.6) is 0 Å². The molecule has 9 nitrogen and oxygen atoms in total. The second-order valence-corrected chi connectivity index (χ2v) is 5.52. The highest BCUT2D eigenvalue weighted by Crippen LogP contribution is 2.20. The highest BCUT2D eigenvalue weighted by atomic mass is 28.1. The first-order valence-electron chi connectivity index (χ1n) is 5.45. The summed E-state index contributed by atoms with van der Waals surface area (Å²) < 4.78 is 16.3. The summed E-state index contributed by atoms with van der Waals surface area (Å²) in [5, 5.41) is 0. The molecule has 0 aliphatic heterocycles. The number of aromatic amines is 2. The summed E-state index contributed by atoms with van der Waals surface area (Å²) in [7, 11) is 4.76. The van der Waals surface area contributed by atoms with Gasteiger partial charge in [0.2, 0.25) is 0 Å². The Kier molecular flexibility index (Phi) is 5.00. The lowest BCUT2D eigenvalue weighted by Gasteiger charge is -2.30. The number of hydrogen-bond donors (Lipinski definition) is 2. The third kappa shape index (κ3) is 3.50. The van der Waals surface area contributed by atoms with Gasteiger partial charge < -0.3 is 14.2 Å². The first kappa shape index (κ1) is 15.6. The average molecular weight is 291 g/mol. The summed E-state index contributed by atoms with van der Waals surface area (Å²) in [5.41, 5.74) is -3.46. The lowest BCUT2D eigenvalue weighted by atomic mass is 10.3. The fraction of sp³-hybridized carbons (Fsp3) is 0.667. The van der Waals surface area contributed by atoms with Crippen molar-refractivity contribution in [1.29, 1.82) is 0 Å². The standard InChI is InChI=1S/C9H17N3O6Si/c1-16-5(4-9(19,17-2)18-3)12-7(14)10-6(13)11-8(12)15/h5H,4H2,1-3,19H3,(H2,10,11,13,14,15). The van der Waals surface area contributed by atoms with Crippen LogP contribution in [0.25, 0.3) is 0 Å². The van der Waals surface area contributed by atoms with Crippen molar-refractivity contribution in [2.75, 3.05) is 21.3 Å². The largest absolute Gasteiger partial charge is 0.361 e. The maximum Gasteiger partial charge on any atom is 0.335 e. The first-order valence-corrected chi connectivity index (χ1v) is 6.45. The quantitative estimate of drug-likeness (QED) is 0.428. The maximum absolute atomic E-state index is 11.7. The Hall–Kier alpha value is -1.49. The Morgan fingerprint density at radius 2 is 1.63 bits per heavy atom. The van der Waals surface area contributed by atoms with Crippen LogP contribution in [-0.2, 0) is 14.2 Å². The highest BCUT2D eigenvalue weighted by molar-refractivity contribution is 6.13. The third-order valence-electron chi connectivity index (χ3n) is 2.85. The summed E-state index contributed by atoms with van der Waals surface area (Å²) in [4.78, 5) is 38.2. The normalized spacial score (nSPS) is 13.6. The Morgan fingerprint density at radius 1 is 1.16 bits per heavy atom. The zero-order chi connectivity index (χ0) is 14.6. The van der Waals surface area contributed by atoms with Gasteiger partial charge in [0, 0.05) is 27.8 Å². The molecule has 0 saturated heterocycles. The predicted molar refractivity (Wildman–Crippen MR) is 69.3 cm³/mol. The molecule has 1 aromatic rings. The fourth-order valence-corrected chi connectivity index (χ4v) is 1.90. The zero-order valence-electron chi connectivity index (χ0n) is 11.2. The van der Waals surface area contributed by atoms with Crippen molar-refractivity contribution in [3.05, 3.63) is 31.5 Å². The molecule has 10 heteroatoms. The van der Waals surface area contributed by atoms with E-state index >= 15 is 0 Å². The van der Waals surface area contributed by atoms with Gasteiger partial charge in [0.25, 0.3) is 0 Å². The van der Waals surface area contributed by atoms with E-state index in [1.54, 1.807) is 0 Å². The molecule has 0 fully saturated rings. The van der Waals surface area contributed by atoms with Gasteiger partial charge in [-0.2, -0.15) is 0 Å². The molecule has 108 valence electrons. The van der Waals surface area contributed by atoms with E-state index in [2.05, 4.69) is 0 Å². The maximum atomic E-state index is 11.7. The molecule has 0 aliphatic carbocycles. The molecule has 0 aromatic carbocycles. The number of rotatable bonds is 6. The molecule has 0 bridgehead atoms. The fourth-order valence-electron chi connectivity index (χ4n) is 1.55. The molecule has 0 spiro atoms.